The molecule has 6 nitrogen and oxygen atoms in total. The fraction of sp³-hybridized carbons (Fsp3) is 0.600. The number of nitrogens with one attached hydrogen (secondary N) is 2. The van der Waals surface area contributed by atoms with Gasteiger partial charge in [0.05, 0.1) is 0 Å². The molecule has 144 valence electrons. The second-order valence-corrected chi connectivity index (χ2v) is 7.17. The zero-order valence-electron chi connectivity index (χ0n) is 16.5. The Morgan fingerprint density at radius 3 is 2.15 bits per heavy atom. The summed E-state index contributed by atoms with van der Waals surface area (Å²) in [6.07, 6.45) is 2.12. The Kier molecular flexibility index (Phi) is 7.03. The summed E-state index contributed by atoms with van der Waals surface area (Å²) in [6, 6.07) is 7.81. The predicted molar refractivity (Wildman–Crippen MR) is 106 cm³/mol. The topological polar surface area (TPSA) is 64.7 Å². The second-order valence-electron chi connectivity index (χ2n) is 7.17. The van der Waals surface area contributed by atoms with Crippen LogP contribution in [0.5, 0.6) is 0 Å². The Morgan fingerprint density at radius 1 is 1.04 bits per heavy atom. The molecule has 26 heavy (non-hydrogen) atoms. The largest absolute Gasteiger partial charge is 0.372 e. The van der Waals surface area contributed by atoms with E-state index >= 15 is 0 Å². The number of rotatable bonds is 10. The molecule has 2 rings (SSSR count). The smallest absolute Gasteiger partial charge is 0.240 e. The fourth-order valence-corrected chi connectivity index (χ4v) is 3.04. The second kappa shape index (κ2) is 9.03. The zero-order valence-corrected chi connectivity index (χ0v) is 16.5. The Morgan fingerprint density at radius 2 is 1.65 bits per heavy atom. The van der Waals surface area contributed by atoms with Crippen LogP contribution >= 0.6 is 0 Å². The highest BCUT2D eigenvalue weighted by atomic mass is 16.2. The summed E-state index contributed by atoms with van der Waals surface area (Å²) in [6.45, 7) is 7.64. The lowest BCUT2D eigenvalue weighted by Crippen LogP contribution is -2.40. The molecule has 0 atom stereocenters. The zero-order chi connectivity index (χ0) is 19.2. The van der Waals surface area contributed by atoms with Gasteiger partial charge in [-0.2, -0.15) is 0 Å². The van der Waals surface area contributed by atoms with Gasteiger partial charge in [0.1, 0.15) is 5.41 Å². The van der Waals surface area contributed by atoms with Gasteiger partial charge >= 0.3 is 0 Å². The van der Waals surface area contributed by atoms with Crippen molar-refractivity contribution in [1.29, 1.82) is 0 Å². The van der Waals surface area contributed by atoms with Crippen molar-refractivity contribution in [3.63, 3.8) is 0 Å². The van der Waals surface area contributed by atoms with E-state index in [1.807, 2.05) is 38.4 Å². The molecule has 0 radical (unpaired) electrons. The lowest BCUT2D eigenvalue weighted by Gasteiger charge is -2.21. The first-order valence-electron chi connectivity index (χ1n) is 9.52. The van der Waals surface area contributed by atoms with Crippen LogP contribution in [-0.2, 0) is 9.59 Å². The SMILES string of the molecule is CCN(CC)c1ccc(NC(=O)C2(C(=O)NCCCN(C)C)CC2)cc1. The molecule has 0 aliphatic heterocycles. The van der Waals surface area contributed by atoms with E-state index in [0.29, 0.717) is 19.4 Å². The highest BCUT2D eigenvalue weighted by Gasteiger charge is 2.56. The molecule has 1 aromatic carbocycles. The highest BCUT2D eigenvalue weighted by Crippen LogP contribution is 2.46. The quantitative estimate of drug-likeness (QED) is 0.496. The van der Waals surface area contributed by atoms with Gasteiger partial charge in [-0.3, -0.25) is 9.59 Å². The van der Waals surface area contributed by atoms with Crippen molar-refractivity contribution in [1.82, 2.24) is 10.2 Å². The molecule has 1 aliphatic rings. The summed E-state index contributed by atoms with van der Waals surface area (Å²) < 4.78 is 0. The highest BCUT2D eigenvalue weighted by molar-refractivity contribution is 6.13. The van der Waals surface area contributed by atoms with E-state index in [2.05, 4.69) is 34.3 Å². The van der Waals surface area contributed by atoms with Crippen molar-refractivity contribution in [3.8, 4) is 0 Å². The van der Waals surface area contributed by atoms with Crippen LogP contribution in [0.3, 0.4) is 0 Å². The van der Waals surface area contributed by atoms with Crippen LogP contribution in [0.2, 0.25) is 0 Å². The van der Waals surface area contributed by atoms with Gasteiger partial charge in [0.15, 0.2) is 0 Å². The van der Waals surface area contributed by atoms with Gasteiger partial charge in [-0.15, -0.1) is 0 Å². The maximum Gasteiger partial charge on any atom is 0.240 e. The minimum absolute atomic E-state index is 0.145. The minimum Gasteiger partial charge on any atom is -0.372 e. The van der Waals surface area contributed by atoms with E-state index in [-0.39, 0.29) is 11.8 Å². The number of hydrogen-bond acceptors (Lipinski definition) is 4. The Balaban J connectivity index is 1.89. The molecular formula is C20H32N4O2. The molecule has 0 aromatic heterocycles. The average molecular weight is 361 g/mol. The Hall–Kier alpha value is -2.08. The molecule has 1 fully saturated rings. The molecule has 1 aliphatic carbocycles. The normalized spacial score (nSPS) is 14.8. The monoisotopic (exact) mass is 360 g/mol. The summed E-state index contributed by atoms with van der Waals surface area (Å²) >= 11 is 0. The van der Waals surface area contributed by atoms with Crippen LogP contribution in [-0.4, -0.2) is 57.0 Å². The molecule has 2 amide bonds. The average Bonchev–Trinajstić information content (AvgIpc) is 3.43. The summed E-state index contributed by atoms with van der Waals surface area (Å²) in [7, 11) is 4.01. The number of benzene rings is 1. The third kappa shape index (κ3) is 4.97. The standard InChI is InChI=1S/C20H32N4O2/c1-5-24(6-2)17-10-8-16(9-11-17)22-19(26)20(12-13-20)18(25)21-14-7-15-23(3)4/h8-11H,5-7,12-15H2,1-4H3,(H,21,25)(H,22,26). The minimum atomic E-state index is -0.879. The van der Waals surface area contributed by atoms with Crippen molar-refractivity contribution in [3.05, 3.63) is 24.3 Å². The first kappa shape index (κ1) is 20.2. The molecule has 0 spiro atoms. The predicted octanol–water partition coefficient (Wildman–Crippen LogP) is 2.32. The number of hydrogen-bond donors (Lipinski definition) is 2. The molecular weight excluding hydrogens is 328 g/mol. The van der Waals surface area contributed by atoms with Gasteiger partial charge in [0.2, 0.25) is 11.8 Å². The third-order valence-electron chi connectivity index (χ3n) is 4.94. The maximum absolute atomic E-state index is 12.6. The van der Waals surface area contributed by atoms with Crippen molar-refractivity contribution in [2.75, 3.05) is 50.5 Å². The van der Waals surface area contributed by atoms with Crippen LogP contribution in [0, 0.1) is 5.41 Å². The van der Waals surface area contributed by atoms with Crippen LogP contribution in [0.4, 0.5) is 11.4 Å². The van der Waals surface area contributed by atoms with E-state index in [1.54, 1.807) is 0 Å². The van der Waals surface area contributed by atoms with E-state index < -0.39 is 5.41 Å². The van der Waals surface area contributed by atoms with Crippen LogP contribution in [0.15, 0.2) is 24.3 Å². The van der Waals surface area contributed by atoms with Crippen molar-refractivity contribution >= 4 is 23.2 Å². The summed E-state index contributed by atoms with van der Waals surface area (Å²) in [4.78, 5) is 29.4. The van der Waals surface area contributed by atoms with Gasteiger partial charge in [-0.05, 0) is 78.0 Å². The Bertz CT molecular complexity index is 605. The van der Waals surface area contributed by atoms with Crippen LogP contribution < -0.4 is 15.5 Å². The van der Waals surface area contributed by atoms with E-state index in [4.69, 9.17) is 0 Å². The first-order valence-corrected chi connectivity index (χ1v) is 9.52. The molecule has 1 saturated carbocycles. The van der Waals surface area contributed by atoms with E-state index in [1.165, 1.54) is 0 Å². The number of anilines is 2. The first-order chi connectivity index (χ1) is 12.4. The van der Waals surface area contributed by atoms with Gasteiger partial charge < -0.3 is 20.4 Å². The van der Waals surface area contributed by atoms with Gasteiger partial charge in [-0.1, -0.05) is 0 Å². The number of carbonyl (C=O) groups is 2. The molecule has 0 bridgehead atoms. The number of nitrogens with zero attached hydrogens (tertiary/aromatic N) is 2. The van der Waals surface area contributed by atoms with Crippen molar-refractivity contribution in [2.45, 2.75) is 33.1 Å². The number of carbonyl (C=O) groups excluding carboxylic acids is 2. The van der Waals surface area contributed by atoms with Crippen LogP contribution in [0.1, 0.15) is 33.1 Å². The maximum atomic E-state index is 12.6. The van der Waals surface area contributed by atoms with E-state index in [9.17, 15) is 9.59 Å². The third-order valence-corrected chi connectivity index (χ3v) is 4.94. The fourth-order valence-electron chi connectivity index (χ4n) is 3.04. The molecule has 6 heteroatoms. The van der Waals surface area contributed by atoms with Crippen molar-refractivity contribution < 1.29 is 9.59 Å². The van der Waals surface area contributed by atoms with Gasteiger partial charge in [0.25, 0.3) is 0 Å². The lowest BCUT2D eigenvalue weighted by molar-refractivity contribution is -0.134. The Labute approximate surface area is 156 Å². The molecule has 0 unspecified atom stereocenters. The molecule has 0 saturated heterocycles. The summed E-state index contributed by atoms with van der Waals surface area (Å²) in [5, 5.41) is 5.82. The lowest BCUT2D eigenvalue weighted by atomic mass is 10.0. The van der Waals surface area contributed by atoms with Crippen molar-refractivity contribution in [2.24, 2.45) is 5.41 Å². The van der Waals surface area contributed by atoms with E-state index in [0.717, 1.165) is 37.4 Å². The molecule has 0 heterocycles. The molecule has 1 aromatic rings. The summed E-state index contributed by atoms with van der Waals surface area (Å²) in [5.41, 5.74) is 0.987. The summed E-state index contributed by atoms with van der Waals surface area (Å²) in [5.74, 6) is -0.341. The van der Waals surface area contributed by atoms with Gasteiger partial charge in [-0.25, -0.2) is 0 Å². The van der Waals surface area contributed by atoms with Crippen LogP contribution in [0.25, 0.3) is 0 Å². The van der Waals surface area contributed by atoms with Gasteiger partial charge in [0, 0.05) is 31.0 Å². The molecule has 2 N–H and O–H groups in total. The number of amides is 2.